The van der Waals surface area contributed by atoms with Gasteiger partial charge >= 0.3 is 0 Å². The molecular weight excluding hydrogens is 430 g/mol. The zero-order chi connectivity index (χ0) is 22.8. The fraction of sp³-hybridized carbons (Fsp3) is 0.269. The fourth-order valence-corrected chi connectivity index (χ4v) is 5.16. The van der Waals surface area contributed by atoms with Crippen molar-refractivity contribution in [3.63, 3.8) is 0 Å². The van der Waals surface area contributed by atoms with E-state index in [-0.39, 0.29) is 5.91 Å². The van der Waals surface area contributed by atoms with Crippen molar-refractivity contribution in [2.24, 2.45) is 0 Å². The second-order valence-electron chi connectivity index (χ2n) is 8.52. The summed E-state index contributed by atoms with van der Waals surface area (Å²) in [6.45, 7) is 8.16. The van der Waals surface area contributed by atoms with Crippen molar-refractivity contribution < 1.29 is 4.79 Å². The van der Waals surface area contributed by atoms with E-state index in [1.165, 1.54) is 11.1 Å². The molecule has 7 heteroatoms. The topological polar surface area (TPSA) is 65.1 Å². The Kier molecular flexibility index (Phi) is 6.07. The molecule has 4 aromatic rings. The molecule has 0 bridgehead atoms. The molecule has 33 heavy (non-hydrogen) atoms. The van der Waals surface area contributed by atoms with Crippen LogP contribution in [0.2, 0.25) is 0 Å². The van der Waals surface area contributed by atoms with Gasteiger partial charge in [0, 0.05) is 38.3 Å². The van der Waals surface area contributed by atoms with E-state index >= 15 is 0 Å². The van der Waals surface area contributed by atoms with E-state index in [2.05, 4.69) is 70.6 Å². The van der Waals surface area contributed by atoms with Crippen LogP contribution in [0.3, 0.4) is 0 Å². The molecule has 1 amide bonds. The third kappa shape index (κ3) is 4.74. The summed E-state index contributed by atoms with van der Waals surface area (Å²) in [5, 5.41) is 8.37. The van der Waals surface area contributed by atoms with Crippen molar-refractivity contribution in [1.29, 1.82) is 0 Å². The fourth-order valence-electron chi connectivity index (χ4n) is 4.13. The lowest BCUT2D eigenvalue weighted by Crippen LogP contribution is -2.48. The van der Waals surface area contributed by atoms with Crippen LogP contribution in [0.25, 0.3) is 21.1 Å². The summed E-state index contributed by atoms with van der Waals surface area (Å²) in [5.41, 5.74) is 5.88. The van der Waals surface area contributed by atoms with Crippen molar-refractivity contribution in [3.05, 3.63) is 83.2 Å². The van der Waals surface area contributed by atoms with Crippen LogP contribution in [-0.4, -0.2) is 57.1 Å². The van der Waals surface area contributed by atoms with Crippen molar-refractivity contribution in [3.8, 4) is 21.1 Å². The summed E-state index contributed by atoms with van der Waals surface area (Å²) in [5.74, 6) is -0.0159. The molecule has 1 saturated heterocycles. The molecule has 1 fully saturated rings. The zero-order valence-electron chi connectivity index (χ0n) is 18.9. The van der Waals surface area contributed by atoms with Gasteiger partial charge in [-0.25, -0.2) is 4.98 Å². The number of aromatic nitrogens is 3. The molecule has 6 nitrogen and oxygen atoms in total. The van der Waals surface area contributed by atoms with E-state index in [1.54, 1.807) is 11.3 Å². The molecule has 0 aliphatic carbocycles. The first-order chi connectivity index (χ1) is 16.1. The maximum absolute atomic E-state index is 13.1. The van der Waals surface area contributed by atoms with Gasteiger partial charge < -0.3 is 4.90 Å². The van der Waals surface area contributed by atoms with E-state index in [4.69, 9.17) is 4.98 Å². The zero-order valence-corrected chi connectivity index (χ0v) is 19.7. The summed E-state index contributed by atoms with van der Waals surface area (Å²) in [4.78, 5) is 23.1. The van der Waals surface area contributed by atoms with Gasteiger partial charge in [0.1, 0.15) is 5.01 Å². The highest BCUT2D eigenvalue weighted by Gasteiger charge is 2.24. The summed E-state index contributed by atoms with van der Waals surface area (Å²) in [6, 6.07) is 20.7. The number of H-pyrrole nitrogens is 1. The number of benzene rings is 2. The Morgan fingerprint density at radius 3 is 2.45 bits per heavy atom. The molecule has 0 unspecified atom stereocenters. The highest BCUT2D eigenvalue weighted by molar-refractivity contribution is 7.18. The average molecular weight is 458 g/mol. The lowest BCUT2D eigenvalue weighted by atomic mass is 10.2. The minimum atomic E-state index is -0.0159. The highest BCUT2D eigenvalue weighted by atomic mass is 32.1. The maximum atomic E-state index is 13.1. The van der Waals surface area contributed by atoms with Crippen LogP contribution in [0, 0.1) is 13.8 Å². The van der Waals surface area contributed by atoms with Gasteiger partial charge in [0.2, 0.25) is 0 Å². The number of thiazole rings is 1. The van der Waals surface area contributed by atoms with Crippen LogP contribution in [0.4, 0.5) is 0 Å². The van der Waals surface area contributed by atoms with Crippen LogP contribution in [-0.2, 0) is 6.54 Å². The normalized spacial score (nSPS) is 14.5. The number of nitrogens with zero attached hydrogens (tertiary/aromatic N) is 4. The second kappa shape index (κ2) is 9.29. The Morgan fingerprint density at radius 1 is 1.00 bits per heavy atom. The van der Waals surface area contributed by atoms with Gasteiger partial charge in [0.25, 0.3) is 5.91 Å². The van der Waals surface area contributed by atoms with E-state index in [0.717, 1.165) is 46.5 Å². The number of piperazine rings is 1. The molecule has 168 valence electrons. The number of carbonyl (C=O) groups is 1. The van der Waals surface area contributed by atoms with Gasteiger partial charge in [-0.15, -0.1) is 11.3 Å². The summed E-state index contributed by atoms with van der Waals surface area (Å²) in [7, 11) is 0. The number of aromatic amines is 1. The smallest absolute Gasteiger partial charge is 0.274 e. The summed E-state index contributed by atoms with van der Waals surface area (Å²) < 4.78 is 0. The maximum Gasteiger partial charge on any atom is 0.274 e. The number of aryl methyl sites for hydroxylation is 2. The van der Waals surface area contributed by atoms with Gasteiger partial charge in [0.05, 0.1) is 16.3 Å². The third-order valence-corrected chi connectivity index (χ3v) is 7.29. The minimum absolute atomic E-state index is 0.0159. The largest absolute Gasteiger partial charge is 0.335 e. The molecular formula is C26H27N5OS. The quantitative estimate of drug-likeness (QED) is 0.469. The standard InChI is InChI=1S/C26H27N5OS/c1-18-8-10-21(11-9-18)25-27-19(2)24(33-25)22-16-23(29-28-22)26(32)31-14-12-30(13-15-31)17-20-6-4-3-5-7-20/h3-11,16H,12-15,17H2,1-2H3,(H,28,29). The molecule has 1 aliphatic heterocycles. The first-order valence-electron chi connectivity index (χ1n) is 11.2. The third-order valence-electron chi connectivity index (χ3n) is 6.05. The van der Waals surface area contributed by atoms with Crippen LogP contribution in [0.15, 0.2) is 60.7 Å². The minimum Gasteiger partial charge on any atom is -0.335 e. The summed E-state index contributed by atoms with van der Waals surface area (Å²) >= 11 is 1.62. The van der Waals surface area contributed by atoms with E-state index < -0.39 is 0 Å². The van der Waals surface area contributed by atoms with E-state index in [0.29, 0.717) is 18.8 Å². The van der Waals surface area contributed by atoms with Crippen molar-refractivity contribution in [2.75, 3.05) is 26.2 Å². The predicted molar refractivity (Wildman–Crippen MR) is 132 cm³/mol. The Bertz CT molecular complexity index is 1240. The van der Waals surface area contributed by atoms with Crippen LogP contribution in [0.5, 0.6) is 0 Å². The van der Waals surface area contributed by atoms with E-state index in [1.807, 2.05) is 24.0 Å². The van der Waals surface area contributed by atoms with Gasteiger partial charge in [-0.2, -0.15) is 5.10 Å². The molecule has 0 atom stereocenters. The molecule has 3 heterocycles. The second-order valence-corrected chi connectivity index (χ2v) is 9.52. The highest BCUT2D eigenvalue weighted by Crippen LogP contribution is 2.34. The predicted octanol–water partition coefficient (Wildman–Crippen LogP) is 4.78. The monoisotopic (exact) mass is 457 g/mol. The Hall–Kier alpha value is -3.29. The number of hydrogen-bond acceptors (Lipinski definition) is 5. The van der Waals surface area contributed by atoms with Gasteiger partial charge in [-0.05, 0) is 25.5 Å². The number of amides is 1. The number of hydrogen-bond donors (Lipinski definition) is 1. The van der Waals surface area contributed by atoms with Crippen molar-refractivity contribution >= 4 is 17.2 Å². The van der Waals surface area contributed by atoms with Crippen LogP contribution < -0.4 is 0 Å². The summed E-state index contributed by atoms with van der Waals surface area (Å²) in [6.07, 6.45) is 0. The Balaban J connectivity index is 1.25. The van der Waals surface area contributed by atoms with Crippen molar-refractivity contribution in [2.45, 2.75) is 20.4 Å². The molecule has 0 radical (unpaired) electrons. The van der Waals surface area contributed by atoms with Gasteiger partial charge in [-0.3, -0.25) is 14.8 Å². The Morgan fingerprint density at radius 2 is 1.73 bits per heavy atom. The lowest BCUT2D eigenvalue weighted by molar-refractivity contribution is 0.0622. The van der Waals surface area contributed by atoms with E-state index in [9.17, 15) is 4.79 Å². The SMILES string of the molecule is Cc1ccc(-c2nc(C)c(-c3cc(C(=O)N4CCN(Cc5ccccc5)CC4)n[nH]3)s2)cc1. The molecule has 0 saturated carbocycles. The molecule has 1 aliphatic rings. The molecule has 2 aromatic carbocycles. The number of rotatable bonds is 5. The lowest BCUT2D eigenvalue weighted by Gasteiger charge is -2.34. The molecule has 0 spiro atoms. The average Bonchev–Trinajstić information content (AvgIpc) is 3.47. The molecule has 5 rings (SSSR count). The first-order valence-corrected chi connectivity index (χ1v) is 12.0. The molecule has 1 N–H and O–H groups in total. The van der Waals surface area contributed by atoms with Crippen LogP contribution in [0.1, 0.15) is 27.3 Å². The Labute approximate surface area is 197 Å². The van der Waals surface area contributed by atoms with Crippen LogP contribution >= 0.6 is 11.3 Å². The molecule has 2 aromatic heterocycles. The van der Waals surface area contributed by atoms with Gasteiger partial charge in [0.15, 0.2) is 5.69 Å². The van der Waals surface area contributed by atoms with Gasteiger partial charge in [-0.1, -0.05) is 60.2 Å². The first kappa shape index (κ1) is 21.6. The van der Waals surface area contributed by atoms with Crippen molar-refractivity contribution in [1.82, 2.24) is 25.0 Å². The number of carbonyl (C=O) groups excluding carboxylic acids is 1. The number of nitrogens with one attached hydrogen (secondary N) is 1.